The van der Waals surface area contributed by atoms with Gasteiger partial charge in [-0.1, -0.05) is 59.7 Å². The van der Waals surface area contributed by atoms with Crippen LogP contribution in [0, 0.1) is 11.8 Å². The largest absolute Gasteiger partial charge is 0.282 e. The summed E-state index contributed by atoms with van der Waals surface area (Å²) in [6, 6.07) is 0. The number of hydrogen-bond acceptors (Lipinski definition) is 2. The Hall–Kier alpha value is 0.620. The lowest BCUT2D eigenvalue weighted by Crippen LogP contribution is -2.50. The number of halogens is 6. The molecule has 2 amide bonds. The van der Waals surface area contributed by atoms with Crippen LogP contribution in [0.25, 0.3) is 0 Å². The molecule has 0 radical (unpaired) electrons. The lowest BCUT2D eigenvalue weighted by molar-refractivity contribution is -0.140. The molecule has 1 saturated heterocycles. The first-order valence-electron chi connectivity index (χ1n) is 6.75. The number of fused-ring (bicyclic) bond motifs is 5. The summed E-state index contributed by atoms with van der Waals surface area (Å²) in [5, 5.41) is -0.119. The van der Waals surface area contributed by atoms with Gasteiger partial charge in [0, 0.05) is 6.54 Å². The van der Waals surface area contributed by atoms with Crippen LogP contribution in [-0.2, 0) is 9.59 Å². The molecule has 0 N–H and O–H groups in total. The van der Waals surface area contributed by atoms with Gasteiger partial charge >= 0.3 is 0 Å². The minimum absolute atomic E-state index is 0.0597. The van der Waals surface area contributed by atoms with E-state index in [0.29, 0.717) is 13.0 Å². The van der Waals surface area contributed by atoms with E-state index in [4.69, 9.17) is 69.6 Å². The molecule has 4 unspecified atom stereocenters. The average Bonchev–Trinajstić information content (AvgIpc) is 2.83. The molecule has 9 heteroatoms. The van der Waals surface area contributed by atoms with Crippen LogP contribution in [0.15, 0.2) is 10.1 Å². The average molecular weight is 426 g/mol. The number of alkyl halides is 4. The fourth-order valence-electron chi connectivity index (χ4n) is 3.59. The van der Waals surface area contributed by atoms with Crippen LogP contribution in [0.4, 0.5) is 0 Å². The second-order valence-corrected chi connectivity index (χ2v) is 9.04. The molecule has 2 bridgehead atoms. The van der Waals surface area contributed by atoms with Crippen LogP contribution < -0.4 is 0 Å². The fourth-order valence-corrected chi connectivity index (χ4v) is 6.52. The van der Waals surface area contributed by atoms with E-state index in [1.165, 1.54) is 0 Å². The van der Waals surface area contributed by atoms with Crippen LogP contribution in [0.3, 0.4) is 0 Å². The van der Waals surface area contributed by atoms with Gasteiger partial charge in [-0.2, -0.15) is 0 Å². The number of amides is 2. The molecule has 3 nitrogen and oxygen atoms in total. The Bertz CT molecular complexity index is 574. The van der Waals surface area contributed by atoms with Crippen molar-refractivity contribution in [1.82, 2.24) is 4.90 Å². The van der Waals surface area contributed by atoms with Gasteiger partial charge in [0.15, 0.2) is 4.33 Å². The highest BCUT2D eigenvalue weighted by molar-refractivity contribution is 6.66. The zero-order chi connectivity index (χ0) is 16.7. The van der Waals surface area contributed by atoms with Crippen molar-refractivity contribution in [3.63, 3.8) is 0 Å². The SMILES string of the molecule is CCCCN1C(=O)C2C(C1=O)C1(Cl)C(Cl)=C(Cl)C2(Cl)C1(Cl)Cl. The number of hydrogen-bond donors (Lipinski definition) is 0. The van der Waals surface area contributed by atoms with Crippen molar-refractivity contribution >= 4 is 81.4 Å². The molecule has 3 rings (SSSR count). The number of carbonyl (C=O) groups is 2. The summed E-state index contributed by atoms with van der Waals surface area (Å²) in [7, 11) is 0. The number of rotatable bonds is 3. The molecule has 3 aliphatic rings. The molecule has 0 aromatic heterocycles. The maximum Gasteiger partial charge on any atom is 0.235 e. The molecular weight excluding hydrogens is 415 g/mol. The van der Waals surface area contributed by atoms with Gasteiger partial charge in [0.25, 0.3) is 0 Å². The summed E-state index contributed by atoms with van der Waals surface area (Å²) in [5.74, 6) is -2.93. The molecule has 0 aromatic carbocycles. The molecule has 122 valence electrons. The van der Waals surface area contributed by atoms with Crippen molar-refractivity contribution in [2.24, 2.45) is 11.8 Å². The molecule has 0 aromatic rings. The second-order valence-electron chi connectivity index (χ2n) is 5.76. The molecule has 22 heavy (non-hydrogen) atoms. The summed E-state index contributed by atoms with van der Waals surface area (Å²) in [6.07, 6.45) is 1.52. The number of carbonyl (C=O) groups excluding carboxylic acids is 2. The summed E-state index contributed by atoms with van der Waals surface area (Å²) < 4.78 is -1.85. The highest BCUT2D eigenvalue weighted by atomic mass is 35.5. The summed E-state index contributed by atoms with van der Waals surface area (Å²) in [4.78, 5) is 23.2. The molecule has 2 aliphatic carbocycles. The predicted molar refractivity (Wildman–Crippen MR) is 88.9 cm³/mol. The van der Waals surface area contributed by atoms with Crippen molar-refractivity contribution in [3.05, 3.63) is 10.1 Å². The van der Waals surface area contributed by atoms with Crippen molar-refractivity contribution in [2.75, 3.05) is 6.54 Å². The minimum atomic E-state index is -1.85. The van der Waals surface area contributed by atoms with E-state index in [9.17, 15) is 9.59 Å². The van der Waals surface area contributed by atoms with Crippen LogP contribution in [0.1, 0.15) is 19.8 Å². The van der Waals surface area contributed by atoms with E-state index < -0.39 is 37.7 Å². The number of nitrogens with zero attached hydrogens (tertiary/aromatic N) is 1. The summed E-state index contributed by atoms with van der Waals surface area (Å²) in [5.41, 5.74) is 0. The normalized spacial score (nSPS) is 42.6. The van der Waals surface area contributed by atoms with Gasteiger partial charge in [-0.25, -0.2) is 0 Å². The Morgan fingerprint density at radius 2 is 1.36 bits per heavy atom. The fraction of sp³-hybridized carbons (Fsp3) is 0.692. The summed E-state index contributed by atoms with van der Waals surface area (Å²) >= 11 is 38.2. The molecule has 2 fully saturated rings. The first-order valence-corrected chi connectivity index (χ1v) is 9.02. The molecule has 4 atom stereocenters. The Labute approximate surface area is 157 Å². The molecule has 1 heterocycles. The van der Waals surface area contributed by atoms with Gasteiger partial charge in [-0.3, -0.25) is 14.5 Å². The van der Waals surface area contributed by atoms with Gasteiger partial charge in [0.1, 0.15) is 9.75 Å². The van der Waals surface area contributed by atoms with Crippen LogP contribution in [0.5, 0.6) is 0 Å². The van der Waals surface area contributed by atoms with Gasteiger partial charge < -0.3 is 0 Å². The van der Waals surface area contributed by atoms with E-state index in [1.54, 1.807) is 0 Å². The summed E-state index contributed by atoms with van der Waals surface area (Å²) in [6.45, 7) is 2.26. The van der Waals surface area contributed by atoms with E-state index in [1.807, 2.05) is 6.92 Å². The maximum atomic E-state index is 12.7. The van der Waals surface area contributed by atoms with Crippen LogP contribution in [0.2, 0.25) is 0 Å². The smallest absolute Gasteiger partial charge is 0.235 e. The molecule has 1 saturated carbocycles. The Morgan fingerprint density at radius 1 is 0.955 bits per heavy atom. The maximum absolute atomic E-state index is 12.7. The first kappa shape index (κ1) is 17.4. The lowest BCUT2D eigenvalue weighted by atomic mass is 9.84. The highest BCUT2D eigenvalue weighted by Crippen LogP contribution is 2.77. The van der Waals surface area contributed by atoms with Crippen LogP contribution in [-0.4, -0.2) is 37.3 Å². The number of likely N-dealkylation sites (tertiary alicyclic amines) is 1. The molecule has 1 aliphatic heterocycles. The molecular formula is C13H11Cl6NO2. The number of imide groups is 1. The standard InChI is InChI=1S/C13H11Cl6NO2/c1-2-3-4-20-9(21)5-6(10(20)22)12(17)8(15)7(14)11(5,16)13(12,18)19/h5-6H,2-4H2,1H3. The van der Waals surface area contributed by atoms with Gasteiger partial charge in [0.05, 0.1) is 21.9 Å². The lowest BCUT2D eigenvalue weighted by Gasteiger charge is -2.34. The van der Waals surface area contributed by atoms with Crippen molar-refractivity contribution < 1.29 is 9.59 Å². The van der Waals surface area contributed by atoms with Crippen LogP contribution >= 0.6 is 69.6 Å². The molecule has 0 spiro atoms. The van der Waals surface area contributed by atoms with E-state index >= 15 is 0 Å². The van der Waals surface area contributed by atoms with Gasteiger partial charge in [-0.15, -0.1) is 23.2 Å². The van der Waals surface area contributed by atoms with Gasteiger partial charge in [0.2, 0.25) is 11.8 Å². The zero-order valence-electron chi connectivity index (χ0n) is 11.3. The van der Waals surface area contributed by atoms with E-state index in [0.717, 1.165) is 11.3 Å². The Balaban J connectivity index is 2.15. The third-order valence-electron chi connectivity index (χ3n) is 4.74. The first-order chi connectivity index (χ1) is 10.1. The third-order valence-corrected chi connectivity index (χ3v) is 8.99. The predicted octanol–water partition coefficient (Wildman–Crippen LogP) is 4.23. The monoisotopic (exact) mass is 423 g/mol. The zero-order valence-corrected chi connectivity index (χ0v) is 15.8. The van der Waals surface area contributed by atoms with E-state index in [-0.39, 0.29) is 10.1 Å². The minimum Gasteiger partial charge on any atom is -0.282 e. The van der Waals surface area contributed by atoms with Crippen molar-refractivity contribution in [1.29, 1.82) is 0 Å². The Kier molecular flexibility index (Phi) is 4.01. The number of allylic oxidation sites excluding steroid dienone is 2. The van der Waals surface area contributed by atoms with Crippen molar-refractivity contribution in [3.8, 4) is 0 Å². The van der Waals surface area contributed by atoms with E-state index in [2.05, 4.69) is 0 Å². The topological polar surface area (TPSA) is 37.4 Å². The van der Waals surface area contributed by atoms with Gasteiger partial charge in [-0.05, 0) is 6.42 Å². The highest BCUT2D eigenvalue weighted by Gasteiger charge is 2.87. The quantitative estimate of drug-likeness (QED) is 0.501. The third kappa shape index (κ3) is 1.59. The Morgan fingerprint density at radius 3 is 1.73 bits per heavy atom. The second kappa shape index (κ2) is 5.06. The number of unbranched alkanes of at least 4 members (excludes halogenated alkanes) is 1. The van der Waals surface area contributed by atoms with Crippen molar-refractivity contribution in [2.45, 2.75) is 33.8 Å².